The molecular weight excluding hydrogens is 164 g/mol. The molecule has 0 bridgehead atoms. The number of hydrogen-bond acceptors (Lipinski definition) is 3. The summed E-state index contributed by atoms with van der Waals surface area (Å²) in [5, 5.41) is 0. The maximum absolute atomic E-state index is 5.60. The third-order valence-electron chi connectivity index (χ3n) is 2.48. The van der Waals surface area contributed by atoms with Gasteiger partial charge in [0.15, 0.2) is 0 Å². The summed E-state index contributed by atoms with van der Waals surface area (Å²) in [6, 6.07) is 0.990. The molecule has 80 valence electrons. The highest BCUT2D eigenvalue weighted by atomic mass is 16.5. The van der Waals surface area contributed by atoms with E-state index in [1.54, 1.807) is 0 Å². The summed E-state index contributed by atoms with van der Waals surface area (Å²) in [6.07, 6.45) is 0. The van der Waals surface area contributed by atoms with Gasteiger partial charge in [0.2, 0.25) is 0 Å². The average molecular weight is 188 g/mol. The normalized spacial score (nSPS) is 16.6. The van der Waals surface area contributed by atoms with Crippen molar-refractivity contribution in [3.8, 4) is 0 Å². The standard InChI is InChI=1S/C10H24N2O/c1-9(11(3)4)7-13-8-10(2)12(5)6/h9-10H,7-8H2,1-6H3. The molecule has 0 saturated heterocycles. The summed E-state index contributed by atoms with van der Waals surface area (Å²) >= 11 is 0. The third kappa shape index (κ3) is 6.02. The monoisotopic (exact) mass is 188 g/mol. The van der Waals surface area contributed by atoms with Crippen LogP contribution in [-0.4, -0.2) is 63.3 Å². The first kappa shape index (κ1) is 12.9. The van der Waals surface area contributed by atoms with Crippen LogP contribution in [0.5, 0.6) is 0 Å². The minimum Gasteiger partial charge on any atom is -0.378 e. The summed E-state index contributed by atoms with van der Waals surface area (Å²) in [4.78, 5) is 4.33. The predicted molar refractivity (Wildman–Crippen MR) is 57.1 cm³/mol. The zero-order valence-corrected chi connectivity index (χ0v) is 9.87. The smallest absolute Gasteiger partial charge is 0.0619 e. The van der Waals surface area contributed by atoms with Crippen LogP contribution in [0.1, 0.15) is 13.8 Å². The van der Waals surface area contributed by atoms with E-state index < -0.39 is 0 Å². The lowest BCUT2D eigenvalue weighted by molar-refractivity contribution is 0.0540. The summed E-state index contributed by atoms with van der Waals surface area (Å²) in [5.74, 6) is 0. The van der Waals surface area contributed by atoms with Crippen molar-refractivity contribution in [2.24, 2.45) is 0 Å². The second kappa shape index (κ2) is 6.35. The van der Waals surface area contributed by atoms with Crippen LogP contribution in [-0.2, 0) is 4.74 Å². The Bertz CT molecular complexity index is 112. The Morgan fingerprint density at radius 1 is 0.846 bits per heavy atom. The van der Waals surface area contributed by atoms with E-state index in [1.807, 2.05) is 0 Å². The van der Waals surface area contributed by atoms with Crippen LogP contribution in [0.3, 0.4) is 0 Å². The number of ether oxygens (including phenoxy) is 1. The molecule has 0 saturated carbocycles. The topological polar surface area (TPSA) is 15.7 Å². The van der Waals surface area contributed by atoms with Crippen LogP contribution in [0, 0.1) is 0 Å². The number of hydrogen-bond donors (Lipinski definition) is 0. The van der Waals surface area contributed by atoms with E-state index in [9.17, 15) is 0 Å². The summed E-state index contributed by atoms with van der Waals surface area (Å²) in [6.45, 7) is 5.96. The molecule has 0 aliphatic heterocycles. The molecule has 0 aromatic rings. The zero-order valence-electron chi connectivity index (χ0n) is 9.87. The van der Waals surface area contributed by atoms with Crippen LogP contribution in [0.4, 0.5) is 0 Å². The predicted octanol–water partition coefficient (Wildman–Crippen LogP) is 0.903. The first-order valence-electron chi connectivity index (χ1n) is 4.85. The van der Waals surface area contributed by atoms with E-state index in [0.717, 1.165) is 13.2 Å². The number of likely N-dealkylation sites (N-methyl/N-ethyl adjacent to an activating group) is 2. The summed E-state index contributed by atoms with van der Waals surface area (Å²) < 4.78 is 5.60. The highest BCUT2D eigenvalue weighted by Gasteiger charge is 2.07. The van der Waals surface area contributed by atoms with Crippen molar-refractivity contribution in [1.29, 1.82) is 0 Å². The molecule has 0 heterocycles. The Morgan fingerprint density at radius 2 is 1.15 bits per heavy atom. The molecule has 0 aromatic heterocycles. The van der Waals surface area contributed by atoms with Crippen molar-refractivity contribution in [2.75, 3.05) is 41.4 Å². The van der Waals surface area contributed by atoms with E-state index in [1.165, 1.54) is 0 Å². The molecule has 0 fully saturated rings. The van der Waals surface area contributed by atoms with Crippen molar-refractivity contribution < 1.29 is 4.74 Å². The van der Waals surface area contributed by atoms with E-state index in [0.29, 0.717) is 12.1 Å². The Kier molecular flexibility index (Phi) is 6.29. The van der Waals surface area contributed by atoms with Crippen molar-refractivity contribution in [1.82, 2.24) is 9.80 Å². The first-order valence-corrected chi connectivity index (χ1v) is 4.85. The highest BCUT2D eigenvalue weighted by molar-refractivity contribution is 4.60. The van der Waals surface area contributed by atoms with Crippen LogP contribution < -0.4 is 0 Å². The van der Waals surface area contributed by atoms with Crippen LogP contribution in [0.2, 0.25) is 0 Å². The van der Waals surface area contributed by atoms with Gasteiger partial charge in [-0.2, -0.15) is 0 Å². The summed E-state index contributed by atoms with van der Waals surface area (Å²) in [7, 11) is 8.29. The second-order valence-electron chi connectivity index (χ2n) is 4.16. The molecule has 2 atom stereocenters. The van der Waals surface area contributed by atoms with Crippen molar-refractivity contribution in [3.63, 3.8) is 0 Å². The maximum atomic E-state index is 5.60. The van der Waals surface area contributed by atoms with Crippen LogP contribution in [0.15, 0.2) is 0 Å². The molecule has 0 radical (unpaired) electrons. The fraction of sp³-hybridized carbons (Fsp3) is 1.00. The molecular formula is C10H24N2O. The fourth-order valence-corrected chi connectivity index (χ4v) is 0.707. The van der Waals surface area contributed by atoms with Gasteiger partial charge in [-0.3, -0.25) is 0 Å². The van der Waals surface area contributed by atoms with Gasteiger partial charge in [0.1, 0.15) is 0 Å². The highest BCUT2D eigenvalue weighted by Crippen LogP contribution is 1.96. The molecule has 0 amide bonds. The second-order valence-corrected chi connectivity index (χ2v) is 4.16. The fourth-order valence-electron chi connectivity index (χ4n) is 0.707. The molecule has 2 unspecified atom stereocenters. The first-order chi connectivity index (χ1) is 5.95. The van der Waals surface area contributed by atoms with Gasteiger partial charge in [-0.1, -0.05) is 0 Å². The molecule has 0 aromatic carbocycles. The van der Waals surface area contributed by atoms with Gasteiger partial charge < -0.3 is 14.5 Å². The number of nitrogens with zero attached hydrogens (tertiary/aromatic N) is 2. The Labute approximate surface area is 82.7 Å². The van der Waals surface area contributed by atoms with E-state index in [4.69, 9.17) is 4.74 Å². The summed E-state index contributed by atoms with van der Waals surface area (Å²) in [5.41, 5.74) is 0. The lowest BCUT2D eigenvalue weighted by Gasteiger charge is -2.23. The molecule has 0 aliphatic carbocycles. The average Bonchev–Trinajstić information content (AvgIpc) is 2.03. The van der Waals surface area contributed by atoms with Gasteiger partial charge in [-0.25, -0.2) is 0 Å². The molecule has 0 N–H and O–H groups in total. The SMILES string of the molecule is CC(COCC(C)N(C)C)N(C)C. The lowest BCUT2D eigenvalue weighted by atomic mass is 10.3. The van der Waals surface area contributed by atoms with Crippen LogP contribution >= 0.6 is 0 Å². The molecule has 0 spiro atoms. The van der Waals surface area contributed by atoms with Gasteiger partial charge in [-0.15, -0.1) is 0 Å². The lowest BCUT2D eigenvalue weighted by Crippen LogP contribution is -2.33. The van der Waals surface area contributed by atoms with Gasteiger partial charge >= 0.3 is 0 Å². The molecule has 0 rings (SSSR count). The van der Waals surface area contributed by atoms with E-state index in [2.05, 4.69) is 51.8 Å². The van der Waals surface area contributed by atoms with Gasteiger partial charge in [0.05, 0.1) is 13.2 Å². The molecule has 0 aliphatic rings. The molecule has 3 heteroatoms. The van der Waals surface area contributed by atoms with Gasteiger partial charge in [-0.05, 0) is 42.0 Å². The largest absolute Gasteiger partial charge is 0.378 e. The Balaban J connectivity index is 3.45. The van der Waals surface area contributed by atoms with E-state index >= 15 is 0 Å². The minimum absolute atomic E-state index is 0.495. The van der Waals surface area contributed by atoms with Crippen molar-refractivity contribution >= 4 is 0 Å². The van der Waals surface area contributed by atoms with Crippen LogP contribution in [0.25, 0.3) is 0 Å². The Morgan fingerprint density at radius 3 is 1.38 bits per heavy atom. The van der Waals surface area contributed by atoms with E-state index in [-0.39, 0.29) is 0 Å². The minimum atomic E-state index is 0.495. The van der Waals surface area contributed by atoms with Gasteiger partial charge in [0, 0.05) is 12.1 Å². The van der Waals surface area contributed by atoms with Gasteiger partial charge in [0.25, 0.3) is 0 Å². The quantitative estimate of drug-likeness (QED) is 0.616. The van der Waals surface area contributed by atoms with Crippen molar-refractivity contribution in [3.05, 3.63) is 0 Å². The zero-order chi connectivity index (χ0) is 10.4. The molecule has 3 nitrogen and oxygen atoms in total. The molecule has 13 heavy (non-hydrogen) atoms. The third-order valence-corrected chi connectivity index (χ3v) is 2.48. The Hall–Kier alpha value is -0.120. The number of rotatable bonds is 6. The van der Waals surface area contributed by atoms with Crippen molar-refractivity contribution in [2.45, 2.75) is 25.9 Å². The maximum Gasteiger partial charge on any atom is 0.0619 e.